The molecule has 0 spiro atoms. The molecule has 1 aliphatic carbocycles. The minimum atomic E-state index is -0.450. The standard InChI is InChI=1S/C26H33ClN2/c1-20(2)29(18-16-22-9-5-4-6-10-22)21(3)15-17-26(19-28,23-13-14-23)24-11-7-8-12-25(24)27/h4-12,20-21,23H,13-18H2,1-3H3. The van der Waals surface area contributed by atoms with Gasteiger partial charge in [-0.15, -0.1) is 0 Å². The molecule has 0 N–H and O–H groups in total. The number of nitrogens with zero attached hydrogens (tertiary/aromatic N) is 2. The Morgan fingerprint density at radius 1 is 1.07 bits per heavy atom. The molecule has 0 aromatic heterocycles. The summed E-state index contributed by atoms with van der Waals surface area (Å²) in [6, 6.07) is 22.3. The number of rotatable bonds is 10. The van der Waals surface area contributed by atoms with E-state index in [4.69, 9.17) is 11.6 Å². The molecule has 0 bridgehead atoms. The minimum absolute atomic E-state index is 0.424. The van der Waals surface area contributed by atoms with Crippen LogP contribution in [0.3, 0.4) is 0 Å². The fourth-order valence-corrected chi connectivity index (χ4v) is 4.96. The lowest BCUT2D eigenvalue weighted by atomic mass is 9.73. The van der Waals surface area contributed by atoms with Crippen molar-refractivity contribution in [3.8, 4) is 6.07 Å². The van der Waals surface area contributed by atoms with Crippen molar-refractivity contribution in [2.24, 2.45) is 5.92 Å². The number of hydrogen-bond donors (Lipinski definition) is 0. The van der Waals surface area contributed by atoms with Crippen LogP contribution < -0.4 is 0 Å². The van der Waals surface area contributed by atoms with Crippen molar-refractivity contribution in [2.45, 2.75) is 70.4 Å². The van der Waals surface area contributed by atoms with Crippen molar-refractivity contribution in [2.75, 3.05) is 6.54 Å². The van der Waals surface area contributed by atoms with Crippen molar-refractivity contribution < 1.29 is 0 Å². The fourth-order valence-electron chi connectivity index (χ4n) is 4.66. The normalized spacial score (nSPS) is 17.1. The van der Waals surface area contributed by atoms with E-state index >= 15 is 0 Å². The zero-order valence-corrected chi connectivity index (χ0v) is 18.7. The van der Waals surface area contributed by atoms with Gasteiger partial charge in [0.25, 0.3) is 0 Å². The maximum absolute atomic E-state index is 10.3. The third kappa shape index (κ3) is 5.21. The number of hydrogen-bond acceptors (Lipinski definition) is 2. The van der Waals surface area contributed by atoms with Crippen LogP contribution in [0.1, 0.15) is 57.6 Å². The molecule has 1 fully saturated rings. The summed E-state index contributed by atoms with van der Waals surface area (Å²) in [5, 5.41) is 11.0. The molecule has 3 heteroatoms. The van der Waals surface area contributed by atoms with Crippen LogP contribution in [0.2, 0.25) is 5.02 Å². The Labute approximate surface area is 181 Å². The van der Waals surface area contributed by atoms with Crippen molar-refractivity contribution in [3.05, 3.63) is 70.7 Å². The van der Waals surface area contributed by atoms with Gasteiger partial charge < -0.3 is 0 Å². The summed E-state index contributed by atoms with van der Waals surface area (Å²) in [5.74, 6) is 0.441. The van der Waals surface area contributed by atoms with Crippen molar-refractivity contribution in [1.29, 1.82) is 5.26 Å². The fraction of sp³-hybridized carbons (Fsp3) is 0.500. The smallest absolute Gasteiger partial charge is 0.0865 e. The van der Waals surface area contributed by atoms with E-state index in [-0.39, 0.29) is 0 Å². The molecule has 2 aromatic rings. The van der Waals surface area contributed by atoms with Gasteiger partial charge in [-0.2, -0.15) is 5.26 Å². The number of halogens is 1. The predicted molar refractivity (Wildman–Crippen MR) is 122 cm³/mol. The molecule has 2 unspecified atom stereocenters. The van der Waals surface area contributed by atoms with Crippen LogP contribution in [0, 0.1) is 17.2 Å². The second-order valence-corrected chi connectivity index (χ2v) is 9.20. The lowest BCUT2D eigenvalue weighted by Crippen LogP contribution is -2.41. The van der Waals surface area contributed by atoms with Crippen molar-refractivity contribution in [1.82, 2.24) is 4.90 Å². The molecule has 0 amide bonds. The van der Waals surface area contributed by atoms with Crippen LogP contribution in [-0.4, -0.2) is 23.5 Å². The lowest BCUT2D eigenvalue weighted by Gasteiger charge is -2.36. The monoisotopic (exact) mass is 408 g/mol. The molecular weight excluding hydrogens is 376 g/mol. The Morgan fingerprint density at radius 2 is 1.72 bits per heavy atom. The van der Waals surface area contributed by atoms with Gasteiger partial charge in [0.2, 0.25) is 0 Å². The highest BCUT2D eigenvalue weighted by Gasteiger charge is 2.47. The van der Waals surface area contributed by atoms with Gasteiger partial charge in [-0.25, -0.2) is 0 Å². The molecule has 2 atom stereocenters. The first-order valence-corrected chi connectivity index (χ1v) is 11.3. The maximum atomic E-state index is 10.3. The van der Waals surface area contributed by atoms with Gasteiger partial charge in [0.05, 0.1) is 11.5 Å². The average molecular weight is 409 g/mol. The van der Waals surface area contributed by atoms with Crippen molar-refractivity contribution >= 4 is 11.6 Å². The molecule has 1 aliphatic rings. The molecular formula is C26H33ClN2. The van der Waals surface area contributed by atoms with Gasteiger partial charge in [0.15, 0.2) is 0 Å². The predicted octanol–water partition coefficient (Wildman–Crippen LogP) is 6.63. The molecule has 29 heavy (non-hydrogen) atoms. The number of nitriles is 1. The molecule has 1 saturated carbocycles. The highest BCUT2D eigenvalue weighted by Crippen LogP contribution is 2.51. The Kier molecular flexibility index (Phi) is 7.38. The first-order chi connectivity index (χ1) is 14.0. The molecule has 3 rings (SSSR count). The SMILES string of the molecule is CC(C)N(CCc1ccccc1)C(C)CCC(C#N)(c1ccccc1Cl)C1CC1. The van der Waals surface area contributed by atoms with Gasteiger partial charge in [-0.05, 0) is 76.0 Å². The highest BCUT2D eigenvalue weighted by molar-refractivity contribution is 6.31. The topological polar surface area (TPSA) is 27.0 Å². The zero-order valence-electron chi connectivity index (χ0n) is 17.9. The molecule has 154 valence electrons. The molecule has 2 aromatic carbocycles. The van der Waals surface area contributed by atoms with E-state index in [1.807, 2.05) is 18.2 Å². The maximum Gasteiger partial charge on any atom is 0.0865 e. The van der Waals surface area contributed by atoms with Gasteiger partial charge in [-0.1, -0.05) is 60.1 Å². The minimum Gasteiger partial charge on any atom is -0.298 e. The van der Waals surface area contributed by atoms with E-state index in [2.05, 4.69) is 68.1 Å². The van der Waals surface area contributed by atoms with E-state index in [0.29, 0.717) is 18.0 Å². The van der Waals surface area contributed by atoms with Crippen LogP contribution >= 0.6 is 11.6 Å². The van der Waals surface area contributed by atoms with E-state index in [9.17, 15) is 5.26 Å². The third-order valence-corrected chi connectivity index (χ3v) is 6.85. The Hall–Kier alpha value is -1.82. The lowest BCUT2D eigenvalue weighted by molar-refractivity contribution is 0.150. The van der Waals surface area contributed by atoms with Crippen LogP contribution in [0.5, 0.6) is 0 Å². The first kappa shape index (κ1) is 21.9. The Balaban J connectivity index is 1.71. The van der Waals surface area contributed by atoms with Gasteiger partial charge >= 0.3 is 0 Å². The van der Waals surface area contributed by atoms with Gasteiger partial charge in [-0.3, -0.25) is 4.90 Å². The zero-order chi connectivity index (χ0) is 20.9. The summed E-state index contributed by atoms with van der Waals surface area (Å²) >= 11 is 6.54. The summed E-state index contributed by atoms with van der Waals surface area (Å²) in [6.45, 7) is 7.90. The summed E-state index contributed by atoms with van der Waals surface area (Å²) in [5.41, 5.74) is 1.96. The van der Waals surface area contributed by atoms with Crippen LogP contribution in [0.15, 0.2) is 54.6 Å². The third-order valence-electron chi connectivity index (χ3n) is 6.52. The van der Waals surface area contributed by atoms with E-state index < -0.39 is 5.41 Å². The molecule has 0 heterocycles. The van der Waals surface area contributed by atoms with Crippen LogP contribution in [0.4, 0.5) is 0 Å². The largest absolute Gasteiger partial charge is 0.298 e. The second kappa shape index (κ2) is 9.79. The highest BCUT2D eigenvalue weighted by atomic mass is 35.5. The van der Waals surface area contributed by atoms with Crippen LogP contribution in [0.25, 0.3) is 0 Å². The first-order valence-electron chi connectivity index (χ1n) is 10.9. The van der Waals surface area contributed by atoms with E-state index in [0.717, 1.165) is 49.2 Å². The second-order valence-electron chi connectivity index (χ2n) is 8.79. The van der Waals surface area contributed by atoms with Gasteiger partial charge in [0, 0.05) is 23.7 Å². The van der Waals surface area contributed by atoms with Gasteiger partial charge in [0.1, 0.15) is 0 Å². The summed E-state index contributed by atoms with van der Waals surface area (Å²) < 4.78 is 0. The van der Waals surface area contributed by atoms with Crippen molar-refractivity contribution in [3.63, 3.8) is 0 Å². The van der Waals surface area contributed by atoms with E-state index in [1.54, 1.807) is 0 Å². The molecule has 0 radical (unpaired) electrons. The average Bonchev–Trinajstić information content (AvgIpc) is 3.56. The number of benzene rings is 2. The molecule has 2 nitrogen and oxygen atoms in total. The summed E-state index contributed by atoms with van der Waals surface area (Å²) in [6.07, 6.45) is 5.19. The Morgan fingerprint density at radius 3 is 2.31 bits per heavy atom. The van der Waals surface area contributed by atoms with E-state index in [1.165, 1.54) is 5.56 Å². The Bertz CT molecular complexity index is 822. The molecule has 0 aliphatic heterocycles. The van der Waals surface area contributed by atoms with Crippen LogP contribution in [-0.2, 0) is 11.8 Å². The summed E-state index contributed by atoms with van der Waals surface area (Å²) in [7, 11) is 0. The quantitative estimate of drug-likeness (QED) is 0.441. The molecule has 0 saturated heterocycles. The summed E-state index contributed by atoms with van der Waals surface area (Å²) in [4.78, 5) is 2.58.